The summed E-state index contributed by atoms with van der Waals surface area (Å²) < 4.78 is 0. The van der Waals surface area contributed by atoms with Gasteiger partial charge in [-0.1, -0.05) is 12.1 Å². The molecule has 0 unspecified atom stereocenters. The highest BCUT2D eigenvalue weighted by Gasteiger charge is 2.09. The van der Waals surface area contributed by atoms with Crippen molar-refractivity contribution in [3.05, 3.63) is 67.0 Å². The number of H-pyrrole nitrogens is 2. The smallest absolute Gasteiger partial charge is 0.320 e. The third-order valence-corrected chi connectivity index (χ3v) is 2.61. The Morgan fingerprint density at radius 1 is 1.24 bits per heavy atom. The van der Waals surface area contributed by atoms with Crippen LogP contribution in [0.2, 0.25) is 0 Å². The Hall–Kier alpha value is -3.23. The number of nitrogens with zero attached hydrogens (tertiary/aromatic N) is 1. The minimum atomic E-state index is -0.712. The largest absolute Gasteiger partial charge is 0.325 e. The number of aromatic nitrogens is 2. The number of non-ortho nitro benzene ring substituents is 1. The molecular formula is C12H10N4O5. The lowest BCUT2D eigenvalue weighted by Crippen LogP contribution is -2.27. The van der Waals surface area contributed by atoms with Crippen molar-refractivity contribution in [1.82, 2.24) is 9.97 Å². The summed E-state index contributed by atoms with van der Waals surface area (Å²) in [7, 11) is 0. The van der Waals surface area contributed by atoms with Gasteiger partial charge >= 0.3 is 5.69 Å². The second kappa shape index (κ2) is 5.82. The molecule has 0 aliphatic rings. The Kier molecular flexibility index (Phi) is 3.93. The summed E-state index contributed by atoms with van der Waals surface area (Å²) in [6, 6.07) is 5.48. The topological polar surface area (TPSA) is 138 Å². The SMILES string of the molecule is O=C(Cc1ccc([N+](=O)[O-])cc1)Nc1c[nH]c(=O)[nH]c1=O. The highest BCUT2D eigenvalue weighted by atomic mass is 16.6. The number of nitrogens with one attached hydrogen (secondary N) is 3. The number of rotatable bonds is 4. The highest BCUT2D eigenvalue weighted by Crippen LogP contribution is 2.12. The number of hydrogen-bond donors (Lipinski definition) is 3. The van der Waals surface area contributed by atoms with Gasteiger partial charge in [-0.2, -0.15) is 0 Å². The Morgan fingerprint density at radius 2 is 1.90 bits per heavy atom. The van der Waals surface area contributed by atoms with Crippen molar-refractivity contribution in [2.24, 2.45) is 0 Å². The predicted molar refractivity (Wildman–Crippen MR) is 73.1 cm³/mol. The molecule has 0 spiro atoms. The average Bonchev–Trinajstić information content (AvgIpc) is 2.42. The number of carbonyl (C=O) groups excluding carboxylic acids is 1. The zero-order valence-electron chi connectivity index (χ0n) is 10.6. The minimum absolute atomic E-state index is 0.0590. The van der Waals surface area contributed by atoms with Gasteiger partial charge in [0.1, 0.15) is 5.69 Å². The third-order valence-electron chi connectivity index (χ3n) is 2.61. The van der Waals surface area contributed by atoms with Gasteiger partial charge in [0.2, 0.25) is 5.91 Å². The molecule has 0 saturated heterocycles. The van der Waals surface area contributed by atoms with Crippen LogP contribution in [0.25, 0.3) is 0 Å². The molecule has 2 aromatic rings. The summed E-state index contributed by atoms with van der Waals surface area (Å²) in [5, 5.41) is 12.8. The molecule has 1 amide bonds. The minimum Gasteiger partial charge on any atom is -0.320 e. The fourth-order valence-electron chi connectivity index (χ4n) is 1.62. The molecule has 0 saturated carbocycles. The normalized spacial score (nSPS) is 10.1. The van der Waals surface area contributed by atoms with Crippen molar-refractivity contribution in [2.75, 3.05) is 5.32 Å². The summed E-state index contributed by atoms with van der Waals surface area (Å²) in [4.78, 5) is 48.1. The van der Waals surface area contributed by atoms with Crippen LogP contribution in [-0.4, -0.2) is 20.8 Å². The first-order chi connectivity index (χ1) is 9.95. The molecule has 1 aromatic carbocycles. The first-order valence-corrected chi connectivity index (χ1v) is 5.81. The van der Waals surface area contributed by atoms with Crippen molar-refractivity contribution in [1.29, 1.82) is 0 Å². The van der Waals surface area contributed by atoms with Crippen LogP contribution in [0.3, 0.4) is 0 Å². The van der Waals surface area contributed by atoms with Crippen LogP contribution in [0.4, 0.5) is 11.4 Å². The lowest BCUT2D eigenvalue weighted by atomic mass is 10.1. The number of nitro groups is 1. The molecule has 0 fully saturated rings. The summed E-state index contributed by atoms with van der Waals surface area (Å²) in [6.07, 6.45) is 1.03. The van der Waals surface area contributed by atoms with E-state index in [1.807, 2.05) is 4.98 Å². The average molecular weight is 290 g/mol. The van der Waals surface area contributed by atoms with Crippen LogP contribution < -0.4 is 16.6 Å². The van der Waals surface area contributed by atoms with E-state index >= 15 is 0 Å². The van der Waals surface area contributed by atoms with Crippen LogP contribution in [0.1, 0.15) is 5.56 Å². The molecule has 0 aliphatic carbocycles. The monoisotopic (exact) mass is 290 g/mol. The number of aromatic amines is 2. The van der Waals surface area contributed by atoms with Gasteiger partial charge in [-0.3, -0.25) is 24.7 Å². The van der Waals surface area contributed by atoms with Crippen molar-refractivity contribution in [2.45, 2.75) is 6.42 Å². The number of hydrogen-bond acceptors (Lipinski definition) is 5. The van der Waals surface area contributed by atoms with E-state index < -0.39 is 22.1 Å². The summed E-state index contributed by atoms with van der Waals surface area (Å²) in [5.74, 6) is -0.485. The van der Waals surface area contributed by atoms with Crippen LogP contribution in [0, 0.1) is 10.1 Å². The molecule has 0 aliphatic heterocycles. The maximum absolute atomic E-state index is 11.7. The first kappa shape index (κ1) is 14.2. The maximum Gasteiger partial charge on any atom is 0.325 e. The summed E-state index contributed by atoms with van der Waals surface area (Å²) in [6.45, 7) is 0. The van der Waals surface area contributed by atoms with Crippen LogP contribution >= 0.6 is 0 Å². The summed E-state index contributed by atoms with van der Waals surface area (Å²) in [5.41, 5.74) is -0.985. The lowest BCUT2D eigenvalue weighted by molar-refractivity contribution is -0.384. The van der Waals surface area contributed by atoms with Gasteiger partial charge in [-0.05, 0) is 5.56 Å². The van der Waals surface area contributed by atoms with E-state index in [0.717, 1.165) is 6.20 Å². The molecule has 0 atom stereocenters. The van der Waals surface area contributed by atoms with Crippen molar-refractivity contribution in [3.63, 3.8) is 0 Å². The van der Waals surface area contributed by atoms with E-state index in [1.54, 1.807) is 0 Å². The van der Waals surface area contributed by atoms with Gasteiger partial charge in [0.15, 0.2) is 0 Å². The van der Waals surface area contributed by atoms with Crippen molar-refractivity contribution < 1.29 is 9.72 Å². The summed E-state index contributed by atoms with van der Waals surface area (Å²) >= 11 is 0. The molecule has 1 aromatic heterocycles. The number of nitro benzene ring substituents is 1. The predicted octanol–water partition coefficient (Wildman–Crippen LogP) is 0.153. The van der Waals surface area contributed by atoms with Gasteiger partial charge in [-0.25, -0.2) is 4.79 Å². The second-order valence-electron chi connectivity index (χ2n) is 4.13. The van der Waals surface area contributed by atoms with Crippen LogP contribution in [0.15, 0.2) is 40.1 Å². The fraction of sp³-hybridized carbons (Fsp3) is 0.0833. The molecule has 1 heterocycles. The van der Waals surface area contributed by atoms with Gasteiger partial charge in [0.25, 0.3) is 11.2 Å². The lowest BCUT2D eigenvalue weighted by Gasteiger charge is -2.03. The Morgan fingerprint density at radius 3 is 2.48 bits per heavy atom. The quantitative estimate of drug-likeness (QED) is 0.543. The van der Waals surface area contributed by atoms with Crippen LogP contribution in [0.5, 0.6) is 0 Å². The molecule has 0 radical (unpaired) electrons. The van der Waals surface area contributed by atoms with E-state index in [1.165, 1.54) is 24.3 Å². The van der Waals surface area contributed by atoms with Gasteiger partial charge in [-0.15, -0.1) is 0 Å². The van der Waals surface area contributed by atoms with Crippen LogP contribution in [-0.2, 0) is 11.2 Å². The van der Waals surface area contributed by atoms with Gasteiger partial charge in [0, 0.05) is 18.3 Å². The van der Waals surface area contributed by atoms with Crippen molar-refractivity contribution >= 4 is 17.3 Å². The van der Waals surface area contributed by atoms with E-state index in [2.05, 4.69) is 10.3 Å². The molecule has 21 heavy (non-hydrogen) atoms. The Labute approximate surface area is 116 Å². The van der Waals surface area contributed by atoms with E-state index in [4.69, 9.17) is 0 Å². The van der Waals surface area contributed by atoms with Gasteiger partial charge < -0.3 is 10.3 Å². The highest BCUT2D eigenvalue weighted by molar-refractivity contribution is 5.91. The molecule has 0 bridgehead atoms. The standard InChI is InChI=1S/C12H10N4O5/c17-10(14-9-6-13-12(19)15-11(9)18)5-7-1-3-8(4-2-7)16(20)21/h1-4,6H,5H2,(H,14,17)(H2,13,15,18,19). The Balaban J connectivity index is 2.06. The Bertz CT molecular complexity index is 790. The van der Waals surface area contributed by atoms with Gasteiger partial charge in [0.05, 0.1) is 11.3 Å². The van der Waals surface area contributed by atoms with Crippen molar-refractivity contribution in [3.8, 4) is 0 Å². The molecular weight excluding hydrogens is 280 g/mol. The third kappa shape index (κ3) is 3.62. The zero-order valence-corrected chi connectivity index (χ0v) is 10.6. The molecule has 2 rings (SSSR count). The number of amides is 1. The molecule has 9 nitrogen and oxygen atoms in total. The number of carbonyl (C=O) groups is 1. The van der Waals surface area contributed by atoms with E-state index in [9.17, 15) is 24.5 Å². The zero-order chi connectivity index (χ0) is 15.4. The second-order valence-corrected chi connectivity index (χ2v) is 4.13. The number of benzene rings is 1. The fourth-order valence-corrected chi connectivity index (χ4v) is 1.62. The van der Waals surface area contributed by atoms with E-state index in [0.29, 0.717) is 5.56 Å². The molecule has 108 valence electrons. The molecule has 3 N–H and O–H groups in total. The number of anilines is 1. The maximum atomic E-state index is 11.7. The first-order valence-electron chi connectivity index (χ1n) is 5.81. The van der Waals surface area contributed by atoms with E-state index in [-0.39, 0.29) is 17.8 Å². The molecule has 9 heteroatoms.